The molecular formula is C52H42CaCl2N6O12S2. The van der Waals surface area contributed by atoms with Gasteiger partial charge in [0.05, 0.1) is 51.0 Å². The molecule has 0 radical (unpaired) electrons. The minimum absolute atomic E-state index is 0. The third kappa shape index (κ3) is 13.2. The second kappa shape index (κ2) is 24.7. The zero-order valence-corrected chi connectivity index (χ0v) is 45.5. The van der Waals surface area contributed by atoms with Crippen LogP contribution in [0.1, 0.15) is 40.9 Å². The number of nitrogens with one attached hydrogen (secondary N) is 1. The standard InChI is InChI=1S/2C26H22ClN3O6S.Ca/c2*1-3-15-12-17(37(33,34)35)14-21(23(15)27)29-30-24-18-9-5-4-8-16(18)13-19(25(24)31)26(32)28-20-10-6-7-11-22(20)36-2;/h2*4-14,31H,3H2,1-2H3,(H,28,32)(H,33,34,35);/q;;+2/p-2. The first-order valence-electron chi connectivity index (χ1n) is 22.0. The van der Waals surface area contributed by atoms with Crippen molar-refractivity contribution in [2.24, 2.45) is 25.4 Å². The van der Waals surface area contributed by atoms with Crippen LogP contribution in [-0.4, -0.2) is 94.8 Å². The summed E-state index contributed by atoms with van der Waals surface area (Å²) in [5.74, 6) is -1.75. The van der Waals surface area contributed by atoms with Gasteiger partial charge in [-0.25, -0.2) is 0 Å². The van der Waals surface area contributed by atoms with Gasteiger partial charge in [0, 0.05) is 10.8 Å². The van der Waals surface area contributed by atoms with Crippen LogP contribution >= 0.6 is 23.2 Å². The van der Waals surface area contributed by atoms with Gasteiger partial charge in [0.15, 0.2) is 5.75 Å². The normalized spacial score (nSPS) is 11.9. The number of azo groups is 2. The number of hydrogen-bond donors (Lipinski definition) is 4. The van der Waals surface area contributed by atoms with Gasteiger partial charge >= 0.3 is 37.7 Å². The van der Waals surface area contributed by atoms with Crippen LogP contribution in [0.15, 0.2) is 169 Å². The average Bonchev–Trinajstić information content (AvgIpc) is 3.38. The van der Waals surface area contributed by atoms with E-state index in [9.17, 15) is 46.1 Å². The third-order valence-corrected chi connectivity index (χ3v) is 13.7. The Morgan fingerprint density at radius 1 is 0.613 bits per heavy atom. The zero-order valence-electron chi connectivity index (χ0n) is 40.1. The van der Waals surface area contributed by atoms with Crippen molar-refractivity contribution in [3.63, 3.8) is 0 Å². The predicted octanol–water partition coefficient (Wildman–Crippen LogP) is 11.5. The molecule has 0 aliphatic rings. The largest absolute Gasteiger partial charge is 2.00 e. The number of aryl methyl sites for hydroxylation is 2. The van der Waals surface area contributed by atoms with Crippen LogP contribution in [0.2, 0.25) is 10.0 Å². The summed E-state index contributed by atoms with van der Waals surface area (Å²) in [7, 11) is -6.15. The molecule has 18 nitrogen and oxygen atoms in total. The SMILES string of the molecule is CCc1cc(S(=O)(=O)O)cc(N=Nc2c(O)c(C(=O)Nc3ccccc3OC)cc3ccccc23)c1Cl.CCc1cc(S(=O)(=O)O)cc(N=Nc2c([O-])c(C([O-])=Nc3ccccc3OC)cc3ccccc23)c1Cl.[Ca+2]. The van der Waals surface area contributed by atoms with Gasteiger partial charge in [-0.15, -0.1) is 15.3 Å². The molecule has 0 aliphatic heterocycles. The Morgan fingerprint density at radius 2 is 1.07 bits per heavy atom. The Morgan fingerprint density at radius 3 is 1.59 bits per heavy atom. The molecule has 0 unspecified atom stereocenters. The molecule has 75 heavy (non-hydrogen) atoms. The number of carbonyl (C=O) groups excluding carboxylic acids is 1. The van der Waals surface area contributed by atoms with Crippen molar-refractivity contribution in [1.29, 1.82) is 0 Å². The number of aliphatic imine (C=N–C) groups is 1. The van der Waals surface area contributed by atoms with Crippen molar-refractivity contribution < 1.29 is 55.5 Å². The van der Waals surface area contributed by atoms with Gasteiger partial charge in [-0.1, -0.05) is 116 Å². The summed E-state index contributed by atoms with van der Waals surface area (Å²) in [6.07, 6.45) is 0.729. The number of amides is 1. The molecule has 0 saturated heterocycles. The Kier molecular flexibility index (Phi) is 19.0. The van der Waals surface area contributed by atoms with E-state index in [4.69, 9.17) is 32.7 Å². The maximum atomic E-state index is 13.4. The van der Waals surface area contributed by atoms with E-state index in [1.165, 1.54) is 38.5 Å². The quantitative estimate of drug-likeness (QED) is 0.0260. The van der Waals surface area contributed by atoms with Crippen LogP contribution in [0.5, 0.6) is 23.0 Å². The number of phenolic OH excluding ortho intramolecular Hbond substituents is 1. The Labute approximate surface area is 470 Å². The summed E-state index contributed by atoms with van der Waals surface area (Å²) in [4.78, 5) is 16.4. The molecule has 4 N–H and O–H groups in total. The van der Waals surface area contributed by atoms with Crippen LogP contribution in [0.25, 0.3) is 21.5 Å². The molecule has 380 valence electrons. The van der Waals surface area contributed by atoms with Gasteiger partial charge in [0.25, 0.3) is 26.1 Å². The minimum Gasteiger partial charge on any atom is -0.871 e. The van der Waals surface area contributed by atoms with E-state index in [1.54, 1.807) is 111 Å². The van der Waals surface area contributed by atoms with E-state index < -0.39 is 48.4 Å². The summed E-state index contributed by atoms with van der Waals surface area (Å²) in [6, 6.07) is 34.8. The van der Waals surface area contributed by atoms with Crippen molar-refractivity contribution >= 4 is 149 Å². The van der Waals surface area contributed by atoms with Crippen molar-refractivity contribution in [2.45, 2.75) is 36.5 Å². The number of nitrogens with zero attached hydrogens (tertiary/aromatic N) is 5. The van der Waals surface area contributed by atoms with E-state index in [2.05, 4.69) is 30.8 Å². The molecule has 0 aliphatic carbocycles. The second-order valence-electron chi connectivity index (χ2n) is 15.8. The number of methoxy groups -OCH3 is 2. The van der Waals surface area contributed by atoms with Crippen molar-refractivity contribution in [1.82, 2.24) is 0 Å². The van der Waals surface area contributed by atoms with Gasteiger partial charge in [0.1, 0.15) is 34.2 Å². The van der Waals surface area contributed by atoms with E-state index >= 15 is 0 Å². The monoisotopic (exact) mass is 1120 g/mol. The van der Waals surface area contributed by atoms with Gasteiger partial charge in [-0.2, -0.15) is 21.9 Å². The fourth-order valence-corrected chi connectivity index (χ4v) is 9.10. The Bertz CT molecular complexity index is 3830. The van der Waals surface area contributed by atoms with Crippen LogP contribution in [0.4, 0.5) is 34.1 Å². The molecule has 8 aromatic rings. The molecule has 0 heterocycles. The van der Waals surface area contributed by atoms with E-state index in [1.807, 2.05) is 0 Å². The molecule has 0 saturated carbocycles. The van der Waals surface area contributed by atoms with E-state index in [0.29, 0.717) is 62.7 Å². The smallest absolute Gasteiger partial charge is 0.871 e. The van der Waals surface area contributed by atoms with Crippen LogP contribution in [0, 0.1) is 0 Å². The summed E-state index contributed by atoms with van der Waals surface area (Å²) >= 11 is 12.8. The molecule has 0 atom stereocenters. The Hall–Kier alpha value is -6.72. The topological polar surface area (TPSA) is 284 Å². The number of rotatable bonds is 14. The maximum absolute atomic E-state index is 13.4. The molecule has 0 aromatic heterocycles. The second-order valence-corrected chi connectivity index (χ2v) is 19.4. The van der Waals surface area contributed by atoms with E-state index in [0.717, 1.165) is 12.1 Å². The van der Waals surface area contributed by atoms with Gasteiger partial charge < -0.3 is 30.1 Å². The van der Waals surface area contributed by atoms with Gasteiger partial charge in [-0.3, -0.25) is 18.9 Å². The minimum atomic E-state index is -4.54. The first-order chi connectivity index (χ1) is 35.3. The van der Waals surface area contributed by atoms with Gasteiger partial charge in [-0.05, 0) is 107 Å². The first kappa shape index (κ1) is 57.6. The number of ether oxygens (including phenoxy) is 2. The molecule has 8 aromatic carbocycles. The molecule has 8 rings (SSSR count). The van der Waals surface area contributed by atoms with Crippen LogP contribution < -0.4 is 25.0 Å². The number of aromatic hydroxyl groups is 1. The molecule has 0 fully saturated rings. The maximum Gasteiger partial charge on any atom is 2.00 e. The Balaban J connectivity index is 0.000000241. The zero-order chi connectivity index (χ0) is 53.5. The van der Waals surface area contributed by atoms with Crippen molar-refractivity contribution in [3.05, 3.63) is 166 Å². The van der Waals surface area contributed by atoms with Crippen LogP contribution in [-0.2, 0) is 33.1 Å². The number of anilines is 1. The molecule has 0 spiro atoms. The molecular weight excluding hydrogens is 1080 g/mol. The third-order valence-electron chi connectivity index (χ3n) is 11.2. The van der Waals surface area contributed by atoms with Gasteiger partial charge in [0.2, 0.25) is 0 Å². The number of carbonyl (C=O) groups is 1. The van der Waals surface area contributed by atoms with Crippen molar-refractivity contribution in [3.8, 4) is 23.0 Å². The average molecular weight is 1120 g/mol. The number of benzene rings is 8. The fourth-order valence-electron chi connectivity index (χ4n) is 7.43. The summed E-state index contributed by atoms with van der Waals surface area (Å²) in [5.41, 5.74) is 0.961. The summed E-state index contributed by atoms with van der Waals surface area (Å²) in [5, 5.41) is 58.9. The van der Waals surface area contributed by atoms with Crippen molar-refractivity contribution in [2.75, 3.05) is 19.5 Å². The fraction of sp³-hybridized carbons (Fsp3) is 0.115. The van der Waals surface area contributed by atoms with Crippen LogP contribution in [0.3, 0.4) is 0 Å². The number of hydrogen-bond acceptors (Lipinski definition) is 15. The number of fused-ring (bicyclic) bond motifs is 2. The summed E-state index contributed by atoms with van der Waals surface area (Å²) in [6.45, 7) is 3.51. The molecule has 23 heteroatoms. The van der Waals surface area contributed by atoms with E-state index in [-0.39, 0.29) is 92.2 Å². The first-order valence-corrected chi connectivity index (χ1v) is 25.7. The molecule has 1 amide bonds. The molecule has 0 bridgehead atoms. The number of halogens is 2. The summed E-state index contributed by atoms with van der Waals surface area (Å²) < 4.78 is 76.4. The number of phenols is 1. The predicted molar refractivity (Wildman–Crippen MR) is 285 cm³/mol. The number of para-hydroxylation sites is 4.